The zero-order valence-electron chi connectivity index (χ0n) is 11.0. The predicted molar refractivity (Wildman–Crippen MR) is 65.2 cm³/mol. The highest BCUT2D eigenvalue weighted by Gasteiger charge is 2.37. The molecule has 0 bridgehead atoms. The summed E-state index contributed by atoms with van der Waals surface area (Å²) in [4.78, 5) is 15.8. The van der Waals surface area contributed by atoms with Crippen LogP contribution >= 0.6 is 0 Å². The van der Waals surface area contributed by atoms with Crippen molar-refractivity contribution in [2.24, 2.45) is 5.41 Å². The van der Waals surface area contributed by atoms with Gasteiger partial charge in [0.05, 0.1) is 5.41 Å². The zero-order valence-corrected chi connectivity index (χ0v) is 11.0. The van der Waals surface area contributed by atoms with Crippen LogP contribution in [0.3, 0.4) is 0 Å². The molecule has 5 heteroatoms. The van der Waals surface area contributed by atoms with Gasteiger partial charge in [0.15, 0.2) is 5.82 Å². The smallest absolute Gasteiger partial charge is 0.310 e. The molecule has 18 heavy (non-hydrogen) atoms. The summed E-state index contributed by atoms with van der Waals surface area (Å²) >= 11 is 0. The Kier molecular flexibility index (Phi) is 3.68. The minimum Gasteiger partial charge on any atom is -0.481 e. The molecule has 0 radical (unpaired) electrons. The van der Waals surface area contributed by atoms with Crippen molar-refractivity contribution in [3.63, 3.8) is 0 Å². The molecule has 0 unspecified atom stereocenters. The lowest BCUT2D eigenvalue weighted by molar-refractivity contribution is -0.149. The molecule has 1 aromatic rings. The maximum atomic E-state index is 11.4. The van der Waals surface area contributed by atoms with E-state index in [-0.39, 0.29) is 0 Å². The van der Waals surface area contributed by atoms with Crippen molar-refractivity contribution in [1.82, 2.24) is 10.1 Å². The summed E-state index contributed by atoms with van der Waals surface area (Å²) in [6.45, 7) is 3.78. The quantitative estimate of drug-likeness (QED) is 0.842. The Morgan fingerprint density at radius 3 is 2.56 bits per heavy atom. The lowest BCUT2D eigenvalue weighted by atomic mass is 9.79. The Hall–Kier alpha value is -1.39. The third-order valence-electron chi connectivity index (χ3n) is 4.25. The second-order valence-electron chi connectivity index (χ2n) is 5.14. The number of rotatable bonds is 6. The van der Waals surface area contributed by atoms with Crippen LogP contribution in [0, 0.1) is 5.41 Å². The molecule has 1 fully saturated rings. The lowest BCUT2D eigenvalue weighted by Crippen LogP contribution is -2.32. The van der Waals surface area contributed by atoms with Crippen LogP contribution in [0.5, 0.6) is 0 Å². The van der Waals surface area contributed by atoms with Crippen molar-refractivity contribution in [1.29, 1.82) is 0 Å². The van der Waals surface area contributed by atoms with Gasteiger partial charge in [0, 0.05) is 12.3 Å². The largest absolute Gasteiger partial charge is 0.481 e. The lowest BCUT2D eigenvalue weighted by Gasteiger charge is -2.24. The van der Waals surface area contributed by atoms with Gasteiger partial charge < -0.3 is 9.63 Å². The normalized spacial score (nSPS) is 16.6. The van der Waals surface area contributed by atoms with Crippen molar-refractivity contribution in [3.05, 3.63) is 11.7 Å². The molecule has 0 saturated heterocycles. The van der Waals surface area contributed by atoms with E-state index in [0.29, 0.717) is 31.1 Å². The van der Waals surface area contributed by atoms with Crippen LogP contribution < -0.4 is 0 Å². The van der Waals surface area contributed by atoms with Crippen molar-refractivity contribution >= 4 is 5.97 Å². The maximum absolute atomic E-state index is 11.4. The molecule has 1 aliphatic carbocycles. The molecule has 5 nitrogen and oxygen atoms in total. The number of hydrogen-bond acceptors (Lipinski definition) is 4. The highest BCUT2D eigenvalue weighted by atomic mass is 16.5. The second-order valence-corrected chi connectivity index (χ2v) is 5.14. The number of hydrogen-bond donors (Lipinski definition) is 1. The number of nitrogens with zero attached hydrogens (tertiary/aromatic N) is 2. The van der Waals surface area contributed by atoms with E-state index in [1.165, 1.54) is 6.42 Å². The minimum atomic E-state index is -0.782. The van der Waals surface area contributed by atoms with Gasteiger partial charge in [0.25, 0.3) is 0 Å². The summed E-state index contributed by atoms with van der Waals surface area (Å²) in [6, 6.07) is 0. The van der Waals surface area contributed by atoms with Crippen LogP contribution in [0.2, 0.25) is 0 Å². The highest BCUT2D eigenvalue weighted by molar-refractivity contribution is 5.74. The van der Waals surface area contributed by atoms with E-state index in [1.54, 1.807) is 0 Å². The molecule has 1 saturated carbocycles. The summed E-state index contributed by atoms with van der Waals surface area (Å²) < 4.78 is 5.21. The average Bonchev–Trinajstić information content (AvgIpc) is 2.71. The Morgan fingerprint density at radius 1 is 1.44 bits per heavy atom. The first-order valence-corrected chi connectivity index (χ1v) is 6.67. The van der Waals surface area contributed by atoms with Crippen LogP contribution in [0.4, 0.5) is 0 Å². The Bertz CT molecular complexity index is 420. The van der Waals surface area contributed by atoms with Crippen molar-refractivity contribution < 1.29 is 14.4 Å². The molecule has 0 aliphatic heterocycles. The topological polar surface area (TPSA) is 76.2 Å². The van der Waals surface area contributed by atoms with Crippen LogP contribution in [-0.4, -0.2) is 21.2 Å². The molecular formula is C13H20N2O3. The van der Waals surface area contributed by atoms with E-state index in [9.17, 15) is 9.90 Å². The Balaban J connectivity index is 2.11. The monoisotopic (exact) mass is 252 g/mol. The number of aliphatic carboxylic acids is 1. The number of carboxylic acids is 1. The van der Waals surface area contributed by atoms with Crippen molar-refractivity contribution in [2.75, 3.05) is 0 Å². The fourth-order valence-electron chi connectivity index (χ4n) is 2.34. The second kappa shape index (κ2) is 5.08. The van der Waals surface area contributed by atoms with Crippen LogP contribution in [-0.2, 0) is 11.2 Å². The first-order chi connectivity index (χ1) is 8.61. The van der Waals surface area contributed by atoms with Gasteiger partial charge in [-0.25, -0.2) is 0 Å². The van der Waals surface area contributed by atoms with Crippen LogP contribution in [0.15, 0.2) is 4.52 Å². The van der Waals surface area contributed by atoms with Crippen molar-refractivity contribution in [3.8, 4) is 0 Å². The standard InChI is InChI=1S/C13H20N2O3/c1-3-13(4-2,12(16)17)8-10-14-11(15-18-10)9-6-5-7-9/h9H,3-8H2,1-2H3,(H,16,17). The minimum absolute atomic E-state index is 0.328. The Morgan fingerprint density at radius 2 is 2.11 bits per heavy atom. The number of carboxylic acid groups (broad SMARTS) is 1. The summed E-state index contributed by atoms with van der Waals surface area (Å²) in [6.07, 6.45) is 4.92. The molecule has 2 rings (SSSR count). The van der Waals surface area contributed by atoms with Crippen molar-refractivity contribution in [2.45, 2.75) is 58.3 Å². The van der Waals surface area contributed by atoms with Gasteiger partial charge in [0.2, 0.25) is 5.89 Å². The molecule has 1 aromatic heterocycles. The fraction of sp³-hybridized carbons (Fsp3) is 0.769. The van der Waals surface area contributed by atoms with E-state index in [4.69, 9.17) is 4.52 Å². The number of aromatic nitrogens is 2. The summed E-state index contributed by atoms with van der Waals surface area (Å²) in [7, 11) is 0. The Labute approximate surface area is 107 Å². The van der Waals surface area contributed by atoms with Crippen LogP contribution in [0.25, 0.3) is 0 Å². The van der Waals surface area contributed by atoms with Gasteiger partial charge in [-0.1, -0.05) is 25.4 Å². The van der Waals surface area contributed by atoms with E-state index in [0.717, 1.165) is 18.7 Å². The molecule has 0 spiro atoms. The van der Waals surface area contributed by atoms with E-state index in [1.807, 2.05) is 13.8 Å². The summed E-state index contributed by atoms with van der Waals surface area (Å²) in [5.41, 5.74) is -0.774. The molecule has 100 valence electrons. The molecule has 0 atom stereocenters. The predicted octanol–water partition coefficient (Wildman–Crippen LogP) is 2.77. The molecular weight excluding hydrogens is 232 g/mol. The fourth-order valence-corrected chi connectivity index (χ4v) is 2.34. The first-order valence-electron chi connectivity index (χ1n) is 6.67. The molecule has 1 N–H and O–H groups in total. The third kappa shape index (κ3) is 2.26. The zero-order chi connectivity index (χ0) is 13.2. The third-order valence-corrected chi connectivity index (χ3v) is 4.25. The van der Waals surface area contributed by atoms with E-state index in [2.05, 4.69) is 10.1 Å². The van der Waals surface area contributed by atoms with Gasteiger partial charge in [-0.05, 0) is 25.7 Å². The summed E-state index contributed by atoms with van der Waals surface area (Å²) in [5.74, 6) is 0.853. The highest BCUT2D eigenvalue weighted by Crippen LogP contribution is 2.36. The maximum Gasteiger partial charge on any atom is 0.310 e. The van der Waals surface area contributed by atoms with E-state index >= 15 is 0 Å². The van der Waals surface area contributed by atoms with Gasteiger partial charge in [-0.3, -0.25) is 4.79 Å². The van der Waals surface area contributed by atoms with Gasteiger partial charge in [-0.2, -0.15) is 4.98 Å². The van der Waals surface area contributed by atoms with Gasteiger partial charge in [-0.15, -0.1) is 0 Å². The molecule has 0 aromatic carbocycles. The number of carbonyl (C=O) groups is 1. The van der Waals surface area contributed by atoms with E-state index < -0.39 is 11.4 Å². The molecule has 1 heterocycles. The summed E-state index contributed by atoms with van der Waals surface area (Å²) in [5, 5.41) is 13.3. The average molecular weight is 252 g/mol. The molecule has 0 amide bonds. The SMILES string of the molecule is CCC(CC)(Cc1nc(C2CCC2)no1)C(=O)O. The van der Waals surface area contributed by atoms with Crippen LogP contribution in [0.1, 0.15) is 63.6 Å². The molecule has 1 aliphatic rings. The first kappa shape index (κ1) is 13.1. The van der Waals surface area contributed by atoms with Gasteiger partial charge >= 0.3 is 5.97 Å². The van der Waals surface area contributed by atoms with Gasteiger partial charge in [0.1, 0.15) is 0 Å².